The number of halogens is 4. The van der Waals surface area contributed by atoms with Gasteiger partial charge in [-0.25, -0.2) is 8.78 Å². The minimum atomic E-state index is -1.06. The fourth-order valence-corrected chi connectivity index (χ4v) is 2.54. The summed E-state index contributed by atoms with van der Waals surface area (Å²) < 4.78 is 27.4. The third-order valence-corrected chi connectivity index (χ3v) is 3.74. The molecule has 0 spiro atoms. The first kappa shape index (κ1) is 14.4. The van der Waals surface area contributed by atoms with E-state index in [4.69, 9.17) is 11.6 Å². The Balaban J connectivity index is 2.25. The monoisotopic (exact) mass is 346 g/mol. The van der Waals surface area contributed by atoms with Gasteiger partial charge in [0.25, 0.3) is 0 Å². The summed E-state index contributed by atoms with van der Waals surface area (Å²) in [5.41, 5.74) is 0.711. The van der Waals surface area contributed by atoms with Crippen LogP contribution in [-0.4, -0.2) is 5.11 Å². The quantitative estimate of drug-likeness (QED) is 0.856. The molecule has 0 bridgehead atoms. The van der Waals surface area contributed by atoms with Crippen LogP contribution in [0.25, 0.3) is 0 Å². The lowest BCUT2D eigenvalue weighted by atomic mass is 10.0. The van der Waals surface area contributed by atoms with Gasteiger partial charge in [-0.05, 0) is 29.8 Å². The summed E-state index contributed by atoms with van der Waals surface area (Å²) in [6, 6.07) is 8.70. The van der Waals surface area contributed by atoms with Crippen LogP contribution in [0.15, 0.2) is 40.9 Å². The predicted octanol–water partition coefficient (Wildman–Crippen LogP) is 4.66. The zero-order chi connectivity index (χ0) is 14.0. The second-order valence-corrected chi connectivity index (χ2v) is 5.37. The van der Waals surface area contributed by atoms with Gasteiger partial charge < -0.3 is 5.11 Å². The molecule has 19 heavy (non-hydrogen) atoms. The van der Waals surface area contributed by atoms with Crippen LogP contribution in [0.4, 0.5) is 8.78 Å². The fraction of sp³-hybridized carbons (Fsp3) is 0.143. The van der Waals surface area contributed by atoms with E-state index in [1.165, 1.54) is 24.3 Å². The number of hydrogen-bond acceptors (Lipinski definition) is 1. The maximum Gasteiger partial charge on any atom is 0.142 e. The molecule has 2 aromatic carbocycles. The molecule has 1 nitrogen and oxygen atoms in total. The first-order valence-corrected chi connectivity index (χ1v) is 6.72. The molecule has 0 saturated carbocycles. The zero-order valence-electron chi connectivity index (χ0n) is 9.71. The minimum absolute atomic E-state index is 0.0188. The second kappa shape index (κ2) is 5.99. The van der Waals surface area contributed by atoms with E-state index in [-0.39, 0.29) is 17.0 Å². The smallest absolute Gasteiger partial charge is 0.142 e. The van der Waals surface area contributed by atoms with Crippen molar-refractivity contribution in [3.05, 3.63) is 68.7 Å². The van der Waals surface area contributed by atoms with Crippen molar-refractivity contribution in [3.63, 3.8) is 0 Å². The Morgan fingerprint density at radius 3 is 2.53 bits per heavy atom. The summed E-state index contributed by atoms with van der Waals surface area (Å²) in [5, 5.41) is 10.1. The standard InChI is InChI=1S/C14H10BrClF2O/c15-9-2-1-3-11(17)14(9)13(19)7-8-4-5-10(16)12(18)6-8/h1-6,13,19H,7H2. The van der Waals surface area contributed by atoms with Crippen LogP contribution in [-0.2, 0) is 6.42 Å². The average Bonchev–Trinajstić information content (AvgIpc) is 2.33. The molecule has 0 amide bonds. The molecule has 0 aliphatic heterocycles. The van der Waals surface area contributed by atoms with Crippen LogP contribution in [0, 0.1) is 11.6 Å². The molecule has 0 saturated heterocycles. The summed E-state index contributed by atoms with van der Waals surface area (Å²) in [6.45, 7) is 0. The van der Waals surface area contributed by atoms with Crippen molar-refractivity contribution in [3.8, 4) is 0 Å². The highest BCUT2D eigenvalue weighted by Crippen LogP contribution is 2.29. The lowest BCUT2D eigenvalue weighted by Crippen LogP contribution is -2.05. The summed E-state index contributed by atoms with van der Waals surface area (Å²) in [6.07, 6.45) is -0.954. The van der Waals surface area contributed by atoms with Crippen molar-refractivity contribution in [1.29, 1.82) is 0 Å². The lowest BCUT2D eigenvalue weighted by molar-refractivity contribution is 0.172. The largest absolute Gasteiger partial charge is 0.388 e. The van der Waals surface area contributed by atoms with E-state index < -0.39 is 17.7 Å². The van der Waals surface area contributed by atoms with E-state index in [2.05, 4.69) is 15.9 Å². The number of rotatable bonds is 3. The Kier molecular flexibility index (Phi) is 4.55. The Bertz CT molecular complexity index is 584. The SMILES string of the molecule is OC(Cc1ccc(Cl)c(F)c1)c1c(F)cccc1Br. The van der Waals surface area contributed by atoms with Gasteiger partial charge in [-0.15, -0.1) is 0 Å². The van der Waals surface area contributed by atoms with Gasteiger partial charge in [-0.1, -0.05) is 39.7 Å². The van der Waals surface area contributed by atoms with Gasteiger partial charge in [-0.3, -0.25) is 0 Å². The Hall–Kier alpha value is -0.970. The van der Waals surface area contributed by atoms with Gasteiger partial charge in [0.05, 0.1) is 11.1 Å². The van der Waals surface area contributed by atoms with Crippen molar-refractivity contribution >= 4 is 27.5 Å². The van der Waals surface area contributed by atoms with E-state index >= 15 is 0 Å². The highest BCUT2D eigenvalue weighted by Gasteiger charge is 2.17. The van der Waals surface area contributed by atoms with Crippen LogP contribution in [0.5, 0.6) is 0 Å². The van der Waals surface area contributed by atoms with Crippen LogP contribution in [0.2, 0.25) is 5.02 Å². The van der Waals surface area contributed by atoms with Crippen LogP contribution in [0.1, 0.15) is 17.2 Å². The molecular weight excluding hydrogens is 338 g/mol. The summed E-state index contributed by atoms with van der Waals surface area (Å²) >= 11 is 8.77. The van der Waals surface area contributed by atoms with Crippen LogP contribution < -0.4 is 0 Å². The van der Waals surface area contributed by atoms with E-state index in [0.29, 0.717) is 10.0 Å². The lowest BCUT2D eigenvalue weighted by Gasteiger charge is -2.14. The number of aliphatic hydroxyl groups is 1. The van der Waals surface area contributed by atoms with Gasteiger partial charge in [-0.2, -0.15) is 0 Å². The minimum Gasteiger partial charge on any atom is -0.388 e. The number of benzene rings is 2. The molecule has 0 aliphatic rings. The second-order valence-electron chi connectivity index (χ2n) is 4.10. The fourth-order valence-electron chi connectivity index (χ4n) is 1.82. The van der Waals surface area contributed by atoms with Gasteiger partial charge in [0.1, 0.15) is 11.6 Å². The molecule has 0 aliphatic carbocycles. The molecule has 0 heterocycles. The van der Waals surface area contributed by atoms with E-state index in [0.717, 1.165) is 0 Å². The molecule has 100 valence electrons. The van der Waals surface area contributed by atoms with Gasteiger partial charge in [0.15, 0.2) is 0 Å². The van der Waals surface area contributed by atoms with E-state index in [9.17, 15) is 13.9 Å². The average molecular weight is 348 g/mol. The maximum atomic E-state index is 13.7. The first-order valence-electron chi connectivity index (χ1n) is 5.55. The zero-order valence-corrected chi connectivity index (χ0v) is 12.0. The Labute approximate surface area is 123 Å². The van der Waals surface area contributed by atoms with Crippen molar-refractivity contribution < 1.29 is 13.9 Å². The van der Waals surface area contributed by atoms with Gasteiger partial charge in [0.2, 0.25) is 0 Å². The van der Waals surface area contributed by atoms with Crippen molar-refractivity contribution in [2.75, 3.05) is 0 Å². The molecule has 0 aromatic heterocycles. The molecule has 1 atom stereocenters. The first-order chi connectivity index (χ1) is 8.99. The summed E-state index contributed by atoms with van der Waals surface area (Å²) in [5.74, 6) is -1.06. The molecule has 1 unspecified atom stereocenters. The van der Waals surface area contributed by atoms with Crippen LogP contribution in [0.3, 0.4) is 0 Å². The molecular formula is C14H10BrClF2O. The van der Waals surface area contributed by atoms with Crippen LogP contribution >= 0.6 is 27.5 Å². The van der Waals surface area contributed by atoms with Crippen molar-refractivity contribution in [2.45, 2.75) is 12.5 Å². The van der Waals surface area contributed by atoms with Gasteiger partial charge >= 0.3 is 0 Å². The highest BCUT2D eigenvalue weighted by atomic mass is 79.9. The molecule has 5 heteroatoms. The Morgan fingerprint density at radius 2 is 1.89 bits per heavy atom. The third kappa shape index (κ3) is 3.32. The van der Waals surface area contributed by atoms with Gasteiger partial charge in [0, 0.05) is 16.5 Å². The summed E-state index contributed by atoms with van der Waals surface area (Å²) in [4.78, 5) is 0. The van der Waals surface area contributed by atoms with Crippen molar-refractivity contribution in [2.24, 2.45) is 0 Å². The van der Waals surface area contributed by atoms with Crippen molar-refractivity contribution in [1.82, 2.24) is 0 Å². The molecule has 1 N–H and O–H groups in total. The maximum absolute atomic E-state index is 13.7. The number of hydrogen-bond donors (Lipinski definition) is 1. The van der Waals surface area contributed by atoms with E-state index in [1.807, 2.05) is 0 Å². The molecule has 0 radical (unpaired) electrons. The third-order valence-electron chi connectivity index (χ3n) is 2.75. The predicted molar refractivity (Wildman–Crippen MR) is 74.2 cm³/mol. The molecule has 2 rings (SSSR count). The topological polar surface area (TPSA) is 20.2 Å². The molecule has 0 fully saturated rings. The molecule has 2 aromatic rings. The Morgan fingerprint density at radius 1 is 1.16 bits per heavy atom. The highest BCUT2D eigenvalue weighted by molar-refractivity contribution is 9.10. The number of aliphatic hydroxyl groups excluding tert-OH is 1. The van der Waals surface area contributed by atoms with E-state index in [1.54, 1.807) is 12.1 Å². The normalized spacial score (nSPS) is 12.5. The summed E-state index contributed by atoms with van der Waals surface area (Å²) in [7, 11) is 0.